The zero-order chi connectivity index (χ0) is 19.3. The summed E-state index contributed by atoms with van der Waals surface area (Å²) in [6.45, 7) is 2.08. The number of carbonyl (C=O) groups excluding carboxylic acids is 1. The molecular formula is C21H24N6O. The van der Waals surface area contributed by atoms with Crippen LogP contribution in [0.2, 0.25) is 0 Å². The number of amides is 1. The summed E-state index contributed by atoms with van der Waals surface area (Å²) in [5.74, 6) is 1.59. The fourth-order valence-corrected chi connectivity index (χ4v) is 4.61. The number of carbonyl (C=O) groups is 1. The lowest BCUT2D eigenvalue weighted by atomic mass is 10.0. The third-order valence-corrected chi connectivity index (χ3v) is 6.07. The van der Waals surface area contributed by atoms with Crippen molar-refractivity contribution in [2.75, 3.05) is 16.8 Å². The number of aromatic nitrogens is 4. The number of hydrogen-bond acceptors (Lipinski definition) is 5. The first kappa shape index (κ1) is 17.2. The highest BCUT2D eigenvalue weighted by molar-refractivity contribution is 6.04. The minimum absolute atomic E-state index is 0.131. The molecule has 28 heavy (non-hydrogen) atoms. The molecule has 0 N–H and O–H groups in total. The molecular weight excluding hydrogens is 352 g/mol. The van der Waals surface area contributed by atoms with Crippen LogP contribution < -0.4 is 9.80 Å². The van der Waals surface area contributed by atoms with E-state index in [1.807, 2.05) is 35.9 Å². The zero-order valence-electron chi connectivity index (χ0n) is 16.2. The highest BCUT2D eigenvalue weighted by Crippen LogP contribution is 2.39. The second kappa shape index (κ2) is 6.58. The van der Waals surface area contributed by atoms with Gasteiger partial charge in [-0.05, 0) is 31.4 Å². The predicted octanol–water partition coefficient (Wildman–Crippen LogP) is 3.32. The van der Waals surface area contributed by atoms with Crippen molar-refractivity contribution in [1.82, 2.24) is 19.5 Å². The summed E-state index contributed by atoms with van der Waals surface area (Å²) in [6, 6.07) is 8.16. The van der Waals surface area contributed by atoms with Gasteiger partial charge in [-0.1, -0.05) is 31.9 Å². The van der Waals surface area contributed by atoms with Crippen molar-refractivity contribution in [3.8, 4) is 5.95 Å². The van der Waals surface area contributed by atoms with Crippen LogP contribution in [0.1, 0.15) is 39.0 Å². The molecule has 1 amide bonds. The molecule has 0 radical (unpaired) electrons. The van der Waals surface area contributed by atoms with Crippen LogP contribution >= 0.6 is 0 Å². The van der Waals surface area contributed by atoms with E-state index in [9.17, 15) is 4.79 Å². The van der Waals surface area contributed by atoms with E-state index in [4.69, 9.17) is 4.98 Å². The van der Waals surface area contributed by atoms with Gasteiger partial charge in [0.2, 0.25) is 11.9 Å². The van der Waals surface area contributed by atoms with Gasteiger partial charge in [-0.3, -0.25) is 9.36 Å². The van der Waals surface area contributed by atoms with Gasteiger partial charge in [-0.25, -0.2) is 9.97 Å². The molecule has 5 rings (SSSR count). The molecule has 0 saturated heterocycles. The molecule has 0 unspecified atom stereocenters. The largest absolute Gasteiger partial charge is 0.340 e. The molecule has 144 valence electrons. The van der Waals surface area contributed by atoms with E-state index in [0.29, 0.717) is 12.0 Å². The molecule has 2 aliphatic rings. The highest BCUT2D eigenvalue weighted by atomic mass is 16.2. The van der Waals surface area contributed by atoms with Gasteiger partial charge >= 0.3 is 0 Å². The molecule has 1 aromatic carbocycles. The average molecular weight is 376 g/mol. The normalized spacial score (nSPS) is 20.2. The highest BCUT2D eigenvalue weighted by Gasteiger charge is 2.41. The molecule has 7 nitrogen and oxygen atoms in total. The summed E-state index contributed by atoms with van der Waals surface area (Å²) < 4.78 is 1.92. The van der Waals surface area contributed by atoms with Gasteiger partial charge in [-0.15, -0.1) is 0 Å². The van der Waals surface area contributed by atoms with Gasteiger partial charge in [0, 0.05) is 13.1 Å². The second-order valence-corrected chi connectivity index (χ2v) is 7.65. The Kier molecular flexibility index (Phi) is 4.03. The Labute approximate surface area is 164 Å². The van der Waals surface area contributed by atoms with Crippen molar-refractivity contribution in [3.63, 3.8) is 0 Å². The van der Waals surface area contributed by atoms with E-state index in [-0.39, 0.29) is 11.9 Å². The molecule has 0 bridgehead atoms. The summed E-state index contributed by atoms with van der Waals surface area (Å²) in [5, 5.41) is 0. The predicted molar refractivity (Wildman–Crippen MR) is 109 cm³/mol. The van der Waals surface area contributed by atoms with E-state index in [1.54, 1.807) is 17.4 Å². The summed E-state index contributed by atoms with van der Waals surface area (Å²) in [6.07, 6.45) is 8.95. The number of benzene rings is 1. The molecule has 3 aromatic rings. The number of hydrogen-bond donors (Lipinski definition) is 0. The number of anilines is 2. The van der Waals surface area contributed by atoms with Crippen LogP contribution in [-0.4, -0.2) is 44.6 Å². The zero-order valence-corrected chi connectivity index (χ0v) is 16.2. The molecule has 0 spiro atoms. The first-order valence-electron chi connectivity index (χ1n) is 10.0. The summed E-state index contributed by atoms with van der Waals surface area (Å²) in [7, 11) is 1.82. The molecule has 2 aromatic heterocycles. The molecule has 1 saturated carbocycles. The molecule has 1 fully saturated rings. The number of rotatable bonds is 3. The summed E-state index contributed by atoms with van der Waals surface area (Å²) >= 11 is 0. The van der Waals surface area contributed by atoms with Crippen LogP contribution in [0.5, 0.6) is 0 Å². The Morgan fingerprint density at radius 2 is 1.93 bits per heavy atom. The molecule has 1 aliphatic carbocycles. The monoisotopic (exact) mass is 376 g/mol. The van der Waals surface area contributed by atoms with Crippen LogP contribution in [0.4, 0.5) is 11.5 Å². The topological polar surface area (TPSA) is 67.2 Å². The summed E-state index contributed by atoms with van der Waals surface area (Å²) in [4.78, 5) is 31.0. The maximum atomic E-state index is 13.0. The quantitative estimate of drug-likeness (QED) is 0.701. The average Bonchev–Trinajstić information content (AvgIpc) is 3.40. The van der Waals surface area contributed by atoms with Gasteiger partial charge < -0.3 is 9.80 Å². The molecule has 7 heteroatoms. The number of para-hydroxylation sites is 2. The van der Waals surface area contributed by atoms with E-state index >= 15 is 0 Å². The lowest BCUT2D eigenvalue weighted by molar-refractivity contribution is -0.120. The second-order valence-electron chi connectivity index (χ2n) is 7.65. The van der Waals surface area contributed by atoms with Crippen LogP contribution in [0.3, 0.4) is 0 Å². The molecule has 3 heterocycles. The van der Waals surface area contributed by atoms with Crippen molar-refractivity contribution in [2.24, 2.45) is 0 Å². The minimum Gasteiger partial charge on any atom is -0.340 e. The van der Waals surface area contributed by atoms with Gasteiger partial charge in [0.1, 0.15) is 18.1 Å². The lowest BCUT2D eigenvalue weighted by Crippen LogP contribution is -2.55. The number of nitrogens with zero attached hydrogens (tertiary/aromatic N) is 6. The van der Waals surface area contributed by atoms with Gasteiger partial charge in [0.15, 0.2) is 5.82 Å². The first-order valence-corrected chi connectivity index (χ1v) is 10.0. The lowest BCUT2D eigenvalue weighted by Gasteiger charge is -2.43. The first-order chi connectivity index (χ1) is 13.7. The fourth-order valence-electron chi connectivity index (χ4n) is 4.61. The van der Waals surface area contributed by atoms with Crippen molar-refractivity contribution >= 4 is 28.4 Å². The Bertz CT molecular complexity index is 1040. The van der Waals surface area contributed by atoms with E-state index in [2.05, 4.69) is 21.8 Å². The van der Waals surface area contributed by atoms with Gasteiger partial charge in [-0.2, -0.15) is 4.98 Å². The summed E-state index contributed by atoms with van der Waals surface area (Å²) in [5.41, 5.74) is 2.67. The van der Waals surface area contributed by atoms with E-state index < -0.39 is 0 Å². The van der Waals surface area contributed by atoms with Crippen molar-refractivity contribution < 1.29 is 4.79 Å². The van der Waals surface area contributed by atoms with Crippen LogP contribution in [-0.2, 0) is 4.79 Å². The minimum atomic E-state index is -0.164. The number of likely N-dealkylation sites (N-methyl/N-ethyl adjacent to an activating group) is 1. The Morgan fingerprint density at radius 3 is 2.71 bits per heavy atom. The molecule has 1 aliphatic heterocycles. The van der Waals surface area contributed by atoms with Crippen LogP contribution in [0.25, 0.3) is 17.0 Å². The smallest absolute Gasteiger partial charge is 0.249 e. The molecule has 1 atom stereocenters. The van der Waals surface area contributed by atoms with Gasteiger partial charge in [0.25, 0.3) is 0 Å². The van der Waals surface area contributed by atoms with Crippen molar-refractivity contribution in [1.29, 1.82) is 0 Å². The van der Waals surface area contributed by atoms with Crippen LogP contribution in [0.15, 0.2) is 36.8 Å². The third kappa shape index (κ3) is 2.49. The van der Waals surface area contributed by atoms with E-state index in [0.717, 1.165) is 41.8 Å². The maximum Gasteiger partial charge on any atom is 0.249 e. The maximum absolute atomic E-state index is 13.0. The van der Waals surface area contributed by atoms with Crippen molar-refractivity contribution in [2.45, 2.75) is 51.1 Å². The van der Waals surface area contributed by atoms with E-state index in [1.165, 1.54) is 12.8 Å². The Balaban J connectivity index is 1.67. The van der Waals surface area contributed by atoms with Crippen molar-refractivity contribution in [3.05, 3.63) is 36.8 Å². The fraction of sp³-hybridized carbons (Fsp3) is 0.429. The number of fused-ring (bicyclic) bond motifs is 2. The SMILES string of the molecule is CC[C@@H]1C(=O)N(C)c2cnc(-n3cnc4ccccc43)nc2N1C1CCCC1. The van der Waals surface area contributed by atoms with Gasteiger partial charge in [0.05, 0.1) is 17.2 Å². The number of imidazole rings is 1. The Morgan fingerprint density at radius 1 is 1.14 bits per heavy atom. The third-order valence-electron chi connectivity index (χ3n) is 6.07. The van der Waals surface area contributed by atoms with Crippen LogP contribution in [0, 0.1) is 0 Å². The standard InChI is InChI=1S/C21H24N6O/c1-3-16-20(28)25(2)18-12-22-21(24-19(18)27(16)14-8-4-5-9-14)26-13-23-15-10-6-7-11-17(15)26/h6-7,10-14,16H,3-5,8-9H2,1-2H3/t16-/m1/s1. The Hall–Kier alpha value is -2.96.